The Hall–Kier alpha value is -3.38. The highest BCUT2D eigenvalue weighted by molar-refractivity contribution is 7.46. The van der Waals surface area contributed by atoms with Crippen LogP contribution in [0, 0.1) is 11.8 Å². The van der Waals surface area contributed by atoms with E-state index in [1.165, 1.54) is 31.2 Å². The van der Waals surface area contributed by atoms with Crippen molar-refractivity contribution in [2.45, 2.75) is 52.9 Å². The SMILES string of the molecule is CCOP(=O)([O-])OCC(CCCCNC(=O)c1cccc(-c2c3ccc(=O)cc-3oc3cc(O)ccc23)c1)COP(=O)([O-])OCCCC(C)C. The largest absolute Gasteiger partial charge is 0.756 e. The van der Waals surface area contributed by atoms with Gasteiger partial charge in [-0.3, -0.25) is 18.7 Å². The van der Waals surface area contributed by atoms with Crippen molar-refractivity contribution in [2.24, 2.45) is 11.8 Å². The first-order chi connectivity index (χ1) is 23.8. The summed E-state index contributed by atoms with van der Waals surface area (Å²) in [6.07, 6.45) is 2.68. The Morgan fingerprint density at radius 3 is 2.36 bits per heavy atom. The van der Waals surface area contributed by atoms with Gasteiger partial charge in [0.15, 0.2) is 5.43 Å². The third kappa shape index (κ3) is 11.9. The number of rotatable bonds is 20. The number of aromatic hydroxyl groups is 1. The predicted molar refractivity (Wildman–Crippen MR) is 185 cm³/mol. The van der Waals surface area contributed by atoms with Gasteiger partial charge in [-0.2, -0.15) is 0 Å². The molecule has 15 heteroatoms. The molecule has 0 spiro atoms. The van der Waals surface area contributed by atoms with E-state index in [2.05, 4.69) is 9.84 Å². The van der Waals surface area contributed by atoms with E-state index in [4.69, 9.17) is 18.0 Å². The normalized spacial score (nSPS) is 14.8. The molecule has 0 saturated carbocycles. The minimum absolute atomic E-state index is 0.00665. The van der Waals surface area contributed by atoms with Gasteiger partial charge in [0.25, 0.3) is 21.6 Å². The fourth-order valence-corrected chi connectivity index (χ4v) is 6.96. The van der Waals surface area contributed by atoms with Crippen LogP contribution in [-0.4, -0.2) is 44.0 Å². The molecule has 1 heterocycles. The molecule has 2 aromatic rings. The molecule has 4 rings (SSSR count). The van der Waals surface area contributed by atoms with Gasteiger partial charge < -0.3 is 42.7 Å². The van der Waals surface area contributed by atoms with Gasteiger partial charge in [-0.05, 0) is 80.5 Å². The van der Waals surface area contributed by atoms with Gasteiger partial charge in [-0.25, -0.2) is 0 Å². The maximum atomic E-state index is 13.2. The lowest BCUT2D eigenvalue weighted by Gasteiger charge is -2.28. The molecule has 0 fully saturated rings. The molecular formula is C35H43NO12P2-2. The van der Waals surface area contributed by atoms with Crippen LogP contribution in [0.25, 0.3) is 33.4 Å². The summed E-state index contributed by atoms with van der Waals surface area (Å²) in [6.45, 7) is 5.02. The first kappa shape index (κ1) is 39.4. The highest BCUT2D eigenvalue weighted by atomic mass is 31.2. The summed E-state index contributed by atoms with van der Waals surface area (Å²) in [5, 5.41) is 13.6. The summed E-state index contributed by atoms with van der Waals surface area (Å²) < 4.78 is 49.7. The number of hydrogen-bond donors (Lipinski definition) is 2. The fourth-order valence-electron chi connectivity index (χ4n) is 5.36. The second kappa shape index (κ2) is 18.2. The summed E-state index contributed by atoms with van der Waals surface area (Å²) in [5.41, 5.74) is 2.66. The van der Waals surface area contributed by atoms with E-state index in [1.807, 2.05) is 19.9 Å². The third-order valence-corrected chi connectivity index (χ3v) is 9.82. The number of unbranched alkanes of at least 4 members (excludes halogenated alkanes) is 1. The van der Waals surface area contributed by atoms with E-state index >= 15 is 0 Å². The molecule has 3 unspecified atom stereocenters. The summed E-state index contributed by atoms with van der Waals surface area (Å²) in [4.78, 5) is 49.4. The van der Waals surface area contributed by atoms with Crippen molar-refractivity contribution >= 4 is 32.5 Å². The monoisotopic (exact) mass is 731 g/mol. The molecule has 2 aromatic carbocycles. The molecule has 1 amide bonds. The molecule has 2 aliphatic rings. The molecule has 0 saturated heterocycles. The maximum Gasteiger partial charge on any atom is 0.267 e. The number of phosphoric acid groups is 2. The molecule has 13 nitrogen and oxygen atoms in total. The van der Waals surface area contributed by atoms with Gasteiger partial charge in [0.1, 0.15) is 17.1 Å². The van der Waals surface area contributed by atoms with E-state index in [-0.39, 0.29) is 50.1 Å². The molecule has 3 atom stereocenters. The second-order valence-electron chi connectivity index (χ2n) is 12.3. The number of hydrogen-bond acceptors (Lipinski definition) is 12. The lowest BCUT2D eigenvalue weighted by molar-refractivity contribution is -0.228. The lowest BCUT2D eigenvalue weighted by atomic mass is 9.92. The number of nitrogens with one attached hydrogen (secondary N) is 1. The quantitative estimate of drug-likeness (QED) is 0.0590. The van der Waals surface area contributed by atoms with Crippen molar-refractivity contribution < 1.29 is 51.3 Å². The van der Waals surface area contributed by atoms with Gasteiger partial charge in [0.05, 0.1) is 26.4 Å². The molecule has 0 bridgehead atoms. The number of carbonyl (C=O) groups excluding carboxylic acids is 1. The van der Waals surface area contributed by atoms with Crippen LogP contribution in [0.5, 0.6) is 5.75 Å². The summed E-state index contributed by atoms with van der Waals surface area (Å²) in [6, 6.07) is 16.2. The predicted octanol–water partition coefficient (Wildman–Crippen LogP) is 6.25. The van der Waals surface area contributed by atoms with E-state index < -0.39 is 21.6 Å². The number of phosphoric ester groups is 2. The summed E-state index contributed by atoms with van der Waals surface area (Å²) in [7, 11) is -9.17. The minimum Gasteiger partial charge on any atom is -0.756 e. The highest BCUT2D eigenvalue weighted by Crippen LogP contribution is 2.42. The number of phenolic OH excluding ortho intramolecular Hbond substituents is 1. The van der Waals surface area contributed by atoms with Gasteiger partial charge in [-0.15, -0.1) is 0 Å². The number of amides is 1. The van der Waals surface area contributed by atoms with Gasteiger partial charge in [0.2, 0.25) is 0 Å². The van der Waals surface area contributed by atoms with E-state index in [0.717, 1.165) is 12.0 Å². The average Bonchev–Trinajstić information content (AvgIpc) is 3.06. The Bertz CT molecular complexity index is 1860. The van der Waals surface area contributed by atoms with Crippen molar-refractivity contribution in [1.82, 2.24) is 5.32 Å². The Balaban J connectivity index is 1.37. The number of phenols is 1. The zero-order valence-corrected chi connectivity index (χ0v) is 30.1. The van der Waals surface area contributed by atoms with E-state index in [9.17, 15) is 33.6 Å². The Morgan fingerprint density at radius 2 is 1.64 bits per heavy atom. The average molecular weight is 732 g/mol. The molecule has 1 aliphatic heterocycles. The number of carbonyl (C=O) groups is 1. The van der Waals surface area contributed by atoms with E-state index in [1.54, 1.807) is 30.3 Å². The minimum atomic E-state index is -4.61. The van der Waals surface area contributed by atoms with Crippen LogP contribution in [0.3, 0.4) is 0 Å². The van der Waals surface area contributed by atoms with Gasteiger partial charge in [0, 0.05) is 46.7 Å². The zero-order valence-electron chi connectivity index (χ0n) is 28.3. The molecule has 1 aliphatic carbocycles. The summed E-state index contributed by atoms with van der Waals surface area (Å²) in [5.74, 6) is -0.192. The third-order valence-electron chi connectivity index (χ3n) is 7.81. The van der Waals surface area contributed by atoms with Crippen molar-refractivity contribution in [3.63, 3.8) is 0 Å². The topological polar surface area (TPSA) is 197 Å². The Morgan fingerprint density at radius 1 is 0.900 bits per heavy atom. The van der Waals surface area contributed by atoms with Crippen LogP contribution in [0.1, 0.15) is 63.2 Å². The van der Waals surface area contributed by atoms with Crippen LogP contribution < -0.4 is 20.5 Å². The van der Waals surface area contributed by atoms with Gasteiger partial charge in [-0.1, -0.05) is 32.4 Å². The smallest absolute Gasteiger partial charge is 0.267 e. The van der Waals surface area contributed by atoms with Crippen LogP contribution >= 0.6 is 15.6 Å². The molecular weight excluding hydrogens is 688 g/mol. The molecule has 2 N–H and O–H groups in total. The van der Waals surface area contributed by atoms with Crippen LogP contribution in [0.4, 0.5) is 0 Å². The molecule has 0 aromatic heterocycles. The van der Waals surface area contributed by atoms with Crippen LogP contribution in [0.15, 0.2) is 69.9 Å². The highest BCUT2D eigenvalue weighted by Gasteiger charge is 2.20. The first-order valence-corrected chi connectivity index (χ1v) is 19.5. The maximum absolute atomic E-state index is 13.2. The number of benzene rings is 3. The fraction of sp³-hybridized carbons (Fsp3) is 0.429. The van der Waals surface area contributed by atoms with Crippen molar-refractivity contribution in [1.29, 1.82) is 0 Å². The van der Waals surface area contributed by atoms with Gasteiger partial charge >= 0.3 is 0 Å². The second-order valence-corrected chi connectivity index (χ2v) is 15.1. The Labute approximate surface area is 291 Å². The zero-order chi connectivity index (χ0) is 36.3. The molecule has 50 heavy (non-hydrogen) atoms. The standard InChI is InChI=1S/C35H45NO12P2/c1-4-44-49(40,41)46-22-25(23-47-50(42,43)45-18-8-9-24(2)3)10-5-6-17-36-35(39)27-12-7-11-26(19-27)34-30-15-13-28(37)20-32(30)48-33-21-29(38)14-16-31(33)34/h7,11-16,19-21,24-25,37H,4-6,8-10,17-18,22-23H2,1-3H3,(H,36,39)(H,40,41)(H,42,43)/p-2. The van der Waals surface area contributed by atoms with Crippen LogP contribution in [0.2, 0.25) is 0 Å². The van der Waals surface area contributed by atoms with Crippen LogP contribution in [-0.2, 0) is 27.2 Å². The molecule has 272 valence electrons. The Kier molecular flexibility index (Phi) is 14.4. The first-order valence-electron chi connectivity index (χ1n) is 16.6. The summed E-state index contributed by atoms with van der Waals surface area (Å²) >= 11 is 0. The number of fused-ring (bicyclic) bond motifs is 2. The van der Waals surface area contributed by atoms with Crippen molar-refractivity contribution in [2.75, 3.05) is 33.0 Å². The van der Waals surface area contributed by atoms with E-state index in [0.29, 0.717) is 65.0 Å². The van der Waals surface area contributed by atoms with Crippen molar-refractivity contribution in [3.8, 4) is 28.2 Å². The van der Waals surface area contributed by atoms with Crippen molar-refractivity contribution in [3.05, 3.63) is 76.5 Å². The lowest BCUT2D eigenvalue weighted by Crippen LogP contribution is -2.25. The molecule has 0 radical (unpaired) electrons.